The van der Waals surface area contributed by atoms with Crippen molar-refractivity contribution < 1.29 is 14.3 Å². The summed E-state index contributed by atoms with van der Waals surface area (Å²) in [4.78, 5) is 15.1. The molecule has 3 heterocycles. The molecule has 1 atom stereocenters. The molecule has 1 N–H and O–H groups in total. The van der Waals surface area contributed by atoms with Gasteiger partial charge < -0.3 is 24.3 Å². The van der Waals surface area contributed by atoms with Crippen molar-refractivity contribution in [1.82, 2.24) is 9.47 Å². The number of ether oxygens (including phenoxy) is 2. The Labute approximate surface area is 156 Å². The van der Waals surface area contributed by atoms with Gasteiger partial charge in [0, 0.05) is 25.5 Å². The molecule has 0 unspecified atom stereocenters. The van der Waals surface area contributed by atoms with E-state index in [2.05, 4.69) is 5.32 Å². The second kappa shape index (κ2) is 6.09. The van der Waals surface area contributed by atoms with Crippen LogP contribution >= 0.6 is 0 Å². The molecule has 3 aromatic rings. The lowest BCUT2D eigenvalue weighted by Gasteiger charge is -2.38. The molecule has 6 heteroatoms. The molecule has 27 heavy (non-hydrogen) atoms. The highest BCUT2D eigenvalue weighted by molar-refractivity contribution is 6.01. The van der Waals surface area contributed by atoms with Gasteiger partial charge in [-0.15, -0.1) is 0 Å². The van der Waals surface area contributed by atoms with Crippen LogP contribution in [0.2, 0.25) is 0 Å². The minimum absolute atomic E-state index is 0.00761. The molecule has 1 aromatic heterocycles. The van der Waals surface area contributed by atoms with Crippen LogP contribution in [0.25, 0.3) is 0 Å². The van der Waals surface area contributed by atoms with Crippen molar-refractivity contribution in [3.05, 3.63) is 77.6 Å². The summed E-state index contributed by atoms with van der Waals surface area (Å²) in [6.45, 7) is 0.703. The van der Waals surface area contributed by atoms with Crippen LogP contribution in [0.5, 0.6) is 11.5 Å². The number of fused-ring (bicyclic) bond motifs is 2. The predicted molar refractivity (Wildman–Crippen MR) is 101 cm³/mol. The van der Waals surface area contributed by atoms with Gasteiger partial charge in [-0.25, -0.2) is 0 Å². The zero-order valence-electron chi connectivity index (χ0n) is 14.9. The molecule has 136 valence electrons. The third-order valence-corrected chi connectivity index (χ3v) is 5.08. The molecule has 0 spiro atoms. The third-order valence-electron chi connectivity index (χ3n) is 5.08. The van der Waals surface area contributed by atoms with Crippen LogP contribution in [0.15, 0.2) is 60.8 Å². The van der Waals surface area contributed by atoms with E-state index in [0.29, 0.717) is 12.1 Å². The molecular weight excluding hydrogens is 342 g/mol. The van der Waals surface area contributed by atoms with Crippen molar-refractivity contribution in [3.63, 3.8) is 0 Å². The van der Waals surface area contributed by atoms with Gasteiger partial charge in [-0.1, -0.05) is 18.2 Å². The first-order valence-electron chi connectivity index (χ1n) is 8.87. The molecule has 2 aliphatic rings. The summed E-state index contributed by atoms with van der Waals surface area (Å²) in [5.41, 5.74) is 3.56. The number of aryl methyl sites for hydroxylation is 1. The number of aromatic nitrogens is 1. The Kier molecular flexibility index (Phi) is 3.57. The Morgan fingerprint density at radius 1 is 1.07 bits per heavy atom. The number of carbonyl (C=O) groups excluding carboxylic acids is 1. The Hall–Kier alpha value is -3.41. The van der Waals surface area contributed by atoms with Crippen molar-refractivity contribution in [2.45, 2.75) is 12.7 Å². The summed E-state index contributed by atoms with van der Waals surface area (Å²) >= 11 is 0. The lowest BCUT2D eigenvalue weighted by molar-refractivity contribution is 0.0660. The molecule has 2 aromatic carbocycles. The van der Waals surface area contributed by atoms with Gasteiger partial charge in [0.2, 0.25) is 6.79 Å². The van der Waals surface area contributed by atoms with Crippen LogP contribution in [0.4, 0.5) is 5.69 Å². The normalized spacial score (nSPS) is 17.6. The topological polar surface area (TPSA) is 55.7 Å². The van der Waals surface area contributed by atoms with Crippen LogP contribution < -0.4 is 14.8 Å². The minimum atomic E-state index is -0.252. The maximum Gasteiger partial charge on any atom is 0.258 e. The lowest BCUT2D eigenvalue weighted by atomic mass is 10.0. The molecule has 0 aliphatic carbocycles. The number of carbonyl (C=O) groups is 1. The van der Waals surface area contributed by atoms with Gasteiger partial charge in [-0.05, 0) is 42.0 Å². The van der Waals surface area contributed by atoms with Crippen molar-refractivity contribution in [2.24, 2.45) is 7.05 Å². The minimum Gasteiger partial charge on any atom is -0.454 e. The maximum absolute atomic E-state index is 13.3. The van der Waals surface area contributed by atoms with Crippen molar-refractivity contribution in [2.75, 3.05) is 12.1 Å². The van der Waals surface area contributed by atoms with Gasteiger partial charge in [0.1, 0.15) is 6.17 Å². The van der Waals surface area contributed by atoms with E-state index in [0.717, 1.165) is 28.4 Å². The Balaban J connectivity index is 1.54. The van der Waals surface area contributed by atoms with Crippen LogP contribution in [0.1, 0.15) is 27.8 Å². The molecular formula is C21H19N3O3. The third kappa shape index (κ3) is 2.61. The van der Waals surface area contributed by atoms with Crippen molar-refractivity contribution in [1.29, 1.82) is 0 Å². The van der Waals surface area contributed by atoms with Crippen molar-refractivity contribution >= 4 is 11.6 Å². The molecule has 6 nitrogen and oxygen atoms in total. The molecule has 0 fully saturated rings. The maximum atomic E-state index is 13.3. The van der Waals surface area contributed by atoms with E-state index in [1.807, 2.05) is 77.3 Å². The summed E-state index contributed by atoms with van der Waals surface area (Å²) < 4.78 is 12.9. The lowest BCUT2D eigenvalue weighted by Crippen LogP contribution is -2.43. The average molecular weight is 361 g/mol. The van der Waals surface area contributed by atoms with Gasteiger partial charge in [0.25, 0.3) is 5.91 Å². The number of para-hydroxylation sites is 1. The zero-order chi connectivity index (χ0) is 18.4. The number of nitrogens with one attached hydrogen (secondary N) is 1. The van der Waals surface area contributed by atoms with Crippen LogP contribution in [0, 0.1) is 0 Å². The molecule has 0 bridgehead atoms. The van der Waals surface area contributed by atoms with E-state index in [9.17, 15) is 4.79 Å². The summed E-state index contributed by atoms with van der Waals surface area (Å²) in [6.07, 6.45) is 1.73. The number of benzene rings is 2. The monoisotopic (exact) mass is 361 g/mol. The van der Waals surface area contributed by atoms with Gasteiger partial charge in [0.15, 0.2) is 11.5 Å². The standard InChI is InChI=1S/C21H19N3O3/c1-23-10-4-7-17(23)20-22-16-6-3-2-5-15(16)21(25)24(20)12-14-8-9-18-19(11-14)27-13-26-18/h2-11,20,22H,12-13H2,1H3/t20-/m1/s1. The Bertz CT molecular complexity index is 1030. The highest BCUT2D eigenvalue weighted by atomic mass is 16.7. The van der Waals surface area contributed by atoms with E-state index in [-0.39, 0.29) is 18.9 Å². The second-order valence-corrected chi connectivity index (χ2v) is 6.76. The van der Waals surface area contributed by atoms with E-state index >= 15 is 0 Å². The fraction of sp³-hybridized carbons (Fsp3) is 0.190. The van der Waals surface area contributed by atoms with E-state index < -0.39 is 0 Å². The van der Waals surface area contributed by atoms with Gasteiger partial charge in [-0.2, -0.15) is 0 Å². The quantitative estimate of drug-likeness (QED) is 0.776. The number of hydrogen-bond acceptors (Lipinski definition) is 4. The Morgan fingerprint density at radius 2 is 1.93 bits per heavy atom. The molecule has 5 rings (SSSR count). The van der Waals surface area contributed by atoms with Crippen LogP contribution in [-0.2, 0) is 13.6 Å². The number of amides is 1. The molecule has 0 saturated carbocycles. The Morgan fingerprint density at radius 3 is 2.78 bits per heavy atom. The summed E-state index contributed by atoms with van der Waals surface area (Å²) in [7, 11) is 1.99. The highest BCUT2D eigenvalue weighted by Crippen LogP contribution is 2.36. The molecule has 2 aliphatic heterocycles. The molecule has 0 saturated heterocycles. The fourth-order valence-corrected chi connectivity index (χ4v) is 3.68. The highest BCUT2D eigenvalue weighted by Gasteiger charge is 2.34. The smallest absolute Gasteiger partial charge is 0.258 e. The fourth-order valence-electron chi connectivity index (χ4n) is 3.68. The number of rotatable bonds is 3. The summed E-state index contributed by atoms with van der Waals surface area (Å²) in [6, 6.07) is 17.5. The van der Waals surface area contributed by atoms with Gasteiger partial charge >= 0.3 is 0 Å². The first-order valence-corrected chi connectivity index (χ1v) is 8.87. The van der Waals surface area contributed by atoms with E-state index in [4.69, 9.17) is 9.47 Å². The molecule has 1 amide bonds. The summed E-state index contributed by atoms with van der Waals surface area (Å²) in [5, 5.41) is 3.52. The van der Waals surface area contributed by atoms with Crippen LogP contribution in [-0.4, -0.2) is 22.2 Å². The largest absolute Gasteiger partial charge is 0.454 e. The SMILES string of the molecule is Cn1cccc1[C@@H]1Nc2ccccc2C(=O)N1Cc1ccc2c(c1)OCO2. The first-order chi connectivity index (χ1) is 13.2. The first kappa shape index (κ1) is 15.8. The predicted octanol–water partition coefficient (Wildman–Crippen LogP) is 3.52. The molecule has 0 radical (unpaired) electrons. The van der Waals surface area contributed by atoms with E-state index in [1.54, 1.807) is 0 Å². The van der Waals surface area contributed by atoms with Gasteiger partial charge in [0.05, 0.1) is 11.3 Å². The average Bonchev–Trinajstić information content (AvgIpc) is 3.32. The number of anilines is 1. The number of nitrogens with zero attached hydrogens (tertiary/aromatic N) is 2. The van der Waals surface area contributed by atoms with Crippen molar-refractivity contribution in [3.8, 4) is 11.5 Å². The number of hydrogen-bond donors (Lipinski definition) is 1. The van der Waals surface area contributed by atoms with Gasteiger partial charge in [-0.3, -0.25) is 4.79 Å². The van der Waals surface area contributed by atoms with E-state index in [1.165, 1.54) is 0 Å². The second-order valence-electron chi connectivity index (χ2n) is 6.76. The zero-order valence-corrected chi connectivity index (χ0v) is 14.9. The van der Waals surface area contributed by atoms with Crippen LogP contribution in [0.3, 0.4) is 0 Å². The summed E-state index contributed by atoms with van der Waals surface area (Å²) in [5.74, 6) is 1.47.